The number of benzene rings is 1. The minimum atomic E-state index is -0.219. The maximum absolute atomic E-state index is 12.4. The van der Waals surface area contributed by atoms with Crippen molar-refractivity contribution >= 4 is 29.0 Å². The molecule has 0 fully saturated rings. The van der Waals surface area contributed by atoms with Gasteiger partial charge in [-0.2, -0.15) is 0 Å². The van der Waals surface area contributed by atoms with Crippen molar-refractivity contribution in [2.45, 2.75) is 13.5 Å². The van der Waals surface area contributed by atoms with Gasteiger partial charge in [-0.25, -0.2) is 4.98 Å². The molecular weight excluding hydrogens is 336 g/mol. The zero-order valence-electron chi connectivity index (χ0n) is 13.7. The van der Waals surface area contributed by atoms with Crippen molar-refractivity contribution in [2.24, 2.45) is 0 Å². The molecule has 2 N–H and O–H groups in total. The van der Waals surface area contributed by atoms with Crippen LogP contribution < -0.4 is 10.6 Å². The molecule has 0 atom stereocenters. The van der Waals surface area contributed by atoms with Crippen molar-refractivity contribution in [1.29, 1.82) is 0 Å². The normalized spacial score (nSPS) is 10.3. The van der Waals surface area contributed by atoms with Crippen LogP contribution in [0.5, 0.6) is 0 Å². The second-order valence-corrected chi connectivity index (χ2v) is 5.93. The van der Waals surface area contributed by atoms with Gasteiger partial charge in [-0.15, -0.1) is 0 Å². The highest BCUT2D eigenvalue weighted by molar-refractivity contribution is 6.31. The summed E-state index contributed by atoms with van der Waals surface area (Å²) < 4.78 is 0. The number of nitrogens with zero attached hydrogens (tertiary/aromatic N) is 2. The number of aryl methyl sites for hydroxylation is 1. The van der Waals surface area contributed by atoms with Crippen molar-refractivity contribution in [3.63, 3.8) is 0 Å². The number of carbonyl (C=O) groups is 1. The second kappa shape index (κ2) is 7.77. The van der Waals surface area contributed by atoms with Crippen LogP contribution in [-0.4, -0.2) is 15.9 Å². The number of nitrogens with one attached hydrogen (secondary N) is 2. The van der Waals surface area contributed by atoms with Crippen LogP contribution in [0.1, 0.15) is 21.6 Å². The van der Waals surface area contributed by atoms with Gasteiger partial charge in [0.25, 0.3) is 5.91 Å². The van der Waals surface area contributed by atoms with Gasteiger partial charge >= 0.3 is 0 Å². The summed E-state index contributed by atoms with van der Waals surface area (Å²) in [5.74, 6) is 0.392. The summed E-state index contributed by atoms with van der Waals surface area (Å²) in [6.07, 6.45) is 3.33. The third-order valence-corrected chi connectivity index (χ3v) is 4.04. The van der Waals surface area contributed by atoms with Gasteiger partial charge in [-0.3, -0.25) is 9.78 Å². The lowest BCUT2D eigenvalue weighted by Crippen LogP contribution is -2.13. The molecule has 1 amide bonds. The SMILES string of the molecule is Cc1ccc(NC(=O)c2ccnc(NCc3ccccn3)c2)cc1Cl. The maximum Gasteiger partial charge on any atom is 0.255 e. The van der Waals surface area contributed by atoms with Crippen molar-refractivity contribution < 1.29 is 4.79 Å². The first-order chi connectivity index (χ1) is 12.1. The van der Waals surface area contributed by atoms with Crippen LogP contribution >= 0.6 is 11.6 Å². The molecule has 0 aliphatic rings. The van der Waals surface area contributed by atoms with E-state index >= 15 is 0 Å². The standard InChI is InChI=1S/C19H17ClN4O/c1-13-5-6-15(11-17(13)20)24-19(25)14-7-9-22-18(10-14)23-12-16-4-2-3-8-21-16/h2-11H,12H2,1H3,(H,22,23)(H,24,25). The van der Waals surface area contributed by atoms with E-state index in [1.807, 2.05) is 37.3 Å². The molecule has 0 saturated carbocycles. The molecule has 25 heavy (non-hydrogen) atoms. The number of pyridine rings is 2. The molecule has 0 saturated heterocycles. The van der Waals surface area contributed by atoms with Crippen molar-refractivity contribution in [3.05, 3.63) is 82.8 Å². The lowest BCUT2D eigenvalue weighted by Gasteiger charge is -2.09. The van der Waals surface area contributed by atoms with Gasteiger partial charge in [0, 0.05) is 28.7 Å². The van der Waals surface area contributed by atoms with Gasteiger partial charge in [0.1, 0.15) is 5.82 Å². The van der Waals surface area contributed by atoms with Gasteiger partial charge < -0.3 is 10.6 Å². The molecule has 3 aromatic rings. The van der Waals surface area contributed by atoms with E-state index in [0.29, 0.717) is 28.6 Å². The largest absolute Gasteiger partial charge is 0.364 e. The first-order valence-electron chi connectivity index (χ1n) is 7.79. The fourth-order valence-corrected chi connectivity index (χ4v) is 2.41. The van der Waals surface area contributed by atoms with E-state index in [4.69, 9.17) is 11.6 Å². The highest BCUT2D eigenvalue weighted by atomic mass is 35.5. The molecule has 5 nitrogen and oxygen atoms in total. The zero-order valence-corrected chi connectivity index (χ0v) is 14.4. The molecule has 0 bridgehead atoms. The van der Waals surface area contributed by atoms with Gasteiger partial charge in [0.2, 0.25) is 0 Å². The quantitative estimate of drug-likeness (QED) is 0.718. The number of amides is 1. The van der Waals surface area contributed by atoms with Crippen LogP contribution in [-0.2, 0) is 6.54 Å². The lowest BCUT2D eigenvalue weighted by atomic mass is 10.2. The number of anilines is 2. The van der Waals surface area contributed by atoms with Gasteiger partial charge in [0.05, 0.1) is 12.2 Å². The molecule has 0 unspecified atom stereocenters. The third-order valence-electron chi connectivity index (χ3n) is 3.63. The van der Waals surface area contributed by atoms with E-state index in [1.165, 1.54) is 0 Å². The van der Waals surface area contributed by atoms with Crippen LogP contribution in [0.25, 0.3) is 0 Å². The van der Waals surface area contributed by atoms with Crippen LogP contribution in [0.2, 0.25) is 5.02 Å². The molecule has 0 aliphatic heterocycles. The smallest absolute Gasteiger partial charge is 0.255 e. The molecule has 0 aliphatic carbocycles. The predicted molar refractivity (Wildman–Crippen MR) is 99.9 cm³/mol. The molecule has 0 spiro atoms. The lowest BCUT2D eigenvalue weighted by molar-refractivity contribution is 0.102. The van der Waals surface area contributed by atoms with E-state index in [2.05, 4.69) is 20.6 Å². The monoisotopic (exact) mass is 352 g/mol. The number of carbonyl (C=O) groups excluding carboxylic acids is 1. The summed E-state index contributed by atoms with van der Waals surface area (Å²) in [7, 11) is 0. The summed E-state index contributed by atoms with van der Waals surface area (Å²) >= 11 is 6.09. The summed E-state index contributed by atoms with van der Waals surface area (Å²) in [6, 6.07) is 14.5. The third kappa shape index (κ3) is 4.55. The van der Waals surface area contributed by atoms with Crippen molar-refractivity contribution in [2.75, 3.05) is 10.6 Å². The molecule has 2 heterocycles. The van der Waals surface area contributed by atoms with Crippen molar-refractivity contribution in [1.82, 2.24) is 9.97 Å². The first-order valence-corrected chi connectivity index (χ1v) is 8.17. The fourth-order valence-electron chi connectivity index (χ4n) is 2.23. The highest BCUT2D eigenvalue weighted by Gasteiger charge is 2.08. The molecule has 6 heteroatoms. The van der Waals surface area contributed by atoms with Gasteiger partial charge in [-0.05, 0) is 48.9 Å². The fraction of sp³-hybridized carbons (Fsp3) is 0.105. The number of hydrogen-bond donors (Lipinski definition) is 2. The molecule has 126 valence electrons. The average Bonchev–Trinajstić information content (AvgIpc) is 2.64. The minimum absolute atomic E-state index is 0.219. The van der Waals surface area contributed by atoms with Crippen LogP contribution in [0, 0.1) is 6.92 Å². The van der Waals surface area contributed by atoms with E-state index in [-0.39, 0.29) is 5.91 Å². The van der Waals surface area contributed by atoms with Crippen LogP contribution in [0.4, 0.5) is 11.5 Å². The predicted octanol–water partition coefficient (Wildman–Crippen LogP) is 4.30. The Balaban J connectivity index is 1.67. The zero-order chi connectivity index (χ0) is 17.6. The summed E-state index contributed by atoms with van der Waals surface area (Å²) in [5, 5.41) is 6.61. The van der Waals surface area contributed by atoms with E-state index in [0.717, 1.165) is 11.3 Å². The summed E-state index contributed by atoms with van der Waals surface area (Å²) in [6.45, 7) is 2.45. The highest BCUT2D eigenvalue weighted by Crippen LogP contribution is 2.20. The summed E-state index contributed by atoms with van der Waals surface area (Å²) in [4.78, 5) is 20.9. The van der Waals surface area contributed by atoms with Gasteiger partial charge in [-0.1, -0.05) is 23.7 Å². The Bertz CT molecular complexity index is 884. The van der Waals surface area contributed by atoms with E-state index in [1.54, 1.807) is 30.6 Å². The Labute approximate surface area is 151 Å². The number of hydrogen-bond acceptors (Lipinski definition) is 4. The van der Waals surface area contributed by atoms with Crippen LogP contribution in [0.15, 0.2) is 60.9 Å². The number of rotatable bonds is 5. The summed E-state index contributed by atoms with van der Waals surface area (Å²) in [5.41, 5.74) is 3.02. The second-order valence-electron chi connectivity index (χ2n) is 5.52. The Kier molecular flexibility index (Phi) is 5.26. The minimum Gasteiger partial charge on any atom is -0.364 e. The topological polar surface area (TPSA) is 66.9 Å². The maximum atomic E-state index is 12.4. The Hall–Kier alpha value is -2.92. The Morgan fingerprint density at radius 3 is 2.72 bits per heavy atom. The first kappa shape index (κ1) is 16.9. The Morgan fingerprint density at radius 2 is 1.96 bits per heavy atom. The molecule has 2 aromatic heterocycles. The van der Waals surface area contributed by atoms with Crippen LogP contribution in [0.3, 0.4) is 0 Å². The molecule has 3 rings (SSSR count). The van der Waals surface area contributed by atoms with Crippen molar-refractivity contribution in [3.8, 4) is 0 Å². The van der Waals surface area contributed by atoms with E-state index in [9.17, 15) is 4.79 Å². The molecule has 1 aromatic carbocycles. The Morgan fingerprint density at radius 1 is 1.08 bits per heavy atom. The average molecular weight is 353 g/mol. The van der Waals surface area contributed by atoms with E-state index < -0.39 is 0 Å². The van der Waals surface area contributed by atoms with Gasteiger partial charge in [0.15, 0.2) is 0 Å². The number of aromatic nitrogens is 2. The molecular formula is C19H17ClN4O. The molecule has 0 radical (unpaired) electrons. The number of halogens is 1.